The van der Waals surface area contributed by atoms with E-state index in [0.29, 0.717) is 0 Å². The topological polar surface area (TPSA) is 16.1 Å². The summed E-state index contributed by atoms with van der Waals surface area (Å²) in [6, 6.07) is 2.09. The summed E-state index contributed by atoms with van der Waals surface area (Å²) in [5.74, 6) is 0.989. The summed E-state index contributed by atoms with van der Waals surface area (Å²) in [5.41, 5.74) is 1.26. The first-order valence-corrected chi connectivity index (χ1v) is 5.47. The van der Waals surface area contributed by atoms with Crippen LogP contribution in [0.3, 0.4) is 0 Å². The average Bonchev–Trinajstić information content (AvgIpc) is 2.01. The second-order valence-corrected chi connectivity index (χ2v) is 5.40. The summed E-state index contributed by atoms with van der Waals surface area (Å²) in [6.45, 7) is 8.54. The van der Waals surface area contributed by atoms with Gasteiger partial charge in [-0.15, -0.1) is 0 Å². The molecule has 0 radical (unpaired) electrons. The molecule has 0 saturated carbocycles. The number of hydrogen-bond acceptors (Lipinski definition) is 2. The minimum absolute atomic E-state index is 0.0881. The Hall–Kier alpha value is -0.570. The molecule has 0 fully saturated rings. The van der Waals surface area contributed by atoms with Gasteiger partial charge in [0.2, 0.25) is 0 Å². The molecule has 0 spiro atoms. The van der Waals surface area contributed by atoms with Crippen LogP contribution in [0.4, 0.5) is 5.82 Å². The lowest BCUT2D eigenvalue weighted by molar-refractivity contribution is 0.533. The van der Waals surface area contributed by atoms with Crippen LogP contribution in [0.2, 0.25) is 0 Å². The van der Waals surface area contributed by atoms with Crippen LogP contribution in [0, 0.1) is 6.92 Å². The standard InChI is InChI=1S/C11H17BrN2/c1-8-6-9(12)10(13-7-8)14(5)11(2,3)4/h6-7H,1-5H3. The normalized spacial score (nSPS) is 11.6. The summed E-state index contributed by atoms with van der Waals surface area (Å²) in [7, 11) is 2.06. The Labute approximate surface area is 94.5 Å². The maximum absolute atomic E-state index is 4.42. The molecule has 3 heteroatoms. The van der Waals surface area contributed by atoms with Crippen LogP contribution >= 0.6 is 15.9 Å². The molecule has 0 aliphatic heterocycles. The van der Waals surface area contributed by atoms with Crippen LogP contribution in [0.15, 0.2) is 16.7 Å². The summed E-state index contributed by atoms with van der Waals surface area (Å²) in [5, 5.41) is 0. The fraction of sp³-hybridized carbons (Fsp3) is 0.545. The second kappa shape index (κ2) is 3.89. The molecule has 14 heavy (non-hydrogen) atoms. The van der Waals surface area contributed by atoms with Gasteiger partial charge in [-0.3, -0.25) is 0 Å². The molecule has 1 rings (SSSR count). The number of aryl methyl sites for hydroxylation is 1. The quantitative estimate of drug-likeness (QED) is 0.766. The minimum atomic E-state index is 0.0881. The first-order valence-electron chi connectivity index (χ1n) is 4.68. The maximum atomic E-state index is 4.42. The number of rotatable bonds is 1. The predicted molar refractivity (Wildman–Crippen MR) is 64.8 cm³/mol. The molecule has 0 atom stereocenters. The Morgan fingerprint density at radius 2 is 1.93 bits per heavy atom. The van der Waals surface area contributed by atoms with E-state index < -0.39 is 0 Å². The van der Waals surface area contributed by atoms with Gasteiger partial charge in [0, 0.05) is 18.8 Å². The Morgan fingerprint density at radius 1 is 1.36 bits per heavy atom. The molecule has 2 nitrogen and oxygen atoms in total. The van der Waals surface area contributed by atoms with Gasteiger partial charge in [-0.05, 0) is 55.3 Å². The lowest BCUT2D eigenvalue weighted by Crippen LogP contribution is -2.38. The monoisotopic (exact) mass is 256 g/mol. The SMILES string of the molecule is Cc1cnc(N(C)C(C)(C)C)c(Br)c1. The minimum Gasteiger partial charge on any atom is -0.354 e. The van der Waals surface area contributed by atoms with Crippen LogP contribution in [-0.4, -0.2) is 17.6 Å². The first kappa shape index (κ1) is 11.5. The maximum Gasteiger partial charge on any atom is 0.143 e. The zero-order chi connectivity index (χ0) is 10.9. The van der Waals surface area contributed by atoms with Crippen molar-refractivity contribution < 1.29 is 0 Å². The Morgan fingerprint density at radius 3 is 2.36 bits per heavy atom. The first-order chi connectivity index (χ1) is 6.32. The molecule has 0 bridgehead atoms. The molecule has 78 valence electrons. The number of hydrogen-bond donors (Lipinski definition) is 0. The summed E-state index contributed by atoms with van der Waals surface area (Å²) < 4.78 is 1.05. The number of pyridine rings is 1. The van der Waals surface area contributed by atoms with Gasteiger partial charge in [0.05, 0.1) is 4.47 Å². The number of nitrogens with zero attached hydrogens (tertiary/aromatic N) is 2. The largest absolute Gasteiger partial charge is 0.354 e. The second-order valence-electron chi connectivity index (χ2n) is 4.55. The highest BCUT2D eigenvalue weighted by Gasteiger charge is 2.20. The fourth-order valence-electron chi connectivity index (χ4n) is 1.09. The van der Waals surface area contributed by atoms with Crippen molar-refractivity contribution in [2.75, 3.05) is 11.9 Å². The molecular weight excluding hydrogens is 240 g/mol. The molecule has 0 unspecified atom stereocenters. The lowest BCUT2D eigenvalue weighted by Gasteiger charge is -2.33. The van der Waals surface area contributed by atoms with E-state index >= 15 is 0 Å². The van der Waals surface area contributed by atoms with E-state index in [1.165, 1.54) is 5.56 Å². The van der Waals surface area contributed by atoms with Gasteiger partial charge in [0.1, 0.15) is 5.82 Å². The fourth-order valence-corrected chi connectivity index (χ4v) is 1.82. The van der Waals surface area contributed by atoms with Gasteiger partial charge in [-0.25, -0.2) is 4.98 Å². The third-order valence-electron chi connectivity index (χ3n) is 2.28. The Bertz CT molecular complexity index is 329. The lowest BCUT2D eigenvalue weighted by atomic mass is 10.1. The van der Waals surface area contributed by atoms with Crippen LogP contribution in [0.5, 0.6) is 0 Å². The van der Waals surface area contributed by atoms with Crippen molar-refractivity contribution in [2.24, 2.45) is 0 Å². The van der Waals surface area contributed by atoms with Crippen LogP contribution in [0.25, 0.3) is 0 Å². The molecule has 1 aromatic rings. The molecule has 0 saturated heterocycles. The van der Waals surface area contributed by atoms with Gasteiger partial charge < -0.3 is 4.90 Å². The van der Waals surface area contributed by atoms with E-state index in [2.05, 4.69) is 59.7 Å². The van der Waals surface area contributed by atoms with E-state index in [1.807, 2.05) is 13.1 Å². The highest BCUT2D eigenvalue weighted by Crippen LogP contribution is 2.28. The Balaban J connectivity index is 3.08. The molecule has 1 heterocycles. The highest BCUT2D eigenvalue weighted by atomic mass is 79.9. The van der Waals surface area contributed by atoms with Crippen LogP contribution < -0.4 is 4.90 Å². The third-order valence-corrected chi connectivity index (χ3v) is 2.87. The van der Waals surface area contributed by atoms with Crippen molar-refractivity contribution in [3.8, 4) is 0 Å². The van der Waals surface area contributed by atoms with Crippen molar-refractivity contribution in [1.29, 1.82) is 0 Å². The molecule has 0 N–H and O–H groups in total. The van der Waals surface area contributed by atoms with Crippen LogP contribution in [0.1, 0.15) is 26.3 Å². The highest BCUT2D eigenvalue weighted by molar-refractivity contribution is 9.10. The van der Waals surface area contributed by atoms with E-state index in [0.717, 1.165) is 10.3 Å². The number of anilines is 1. The smallest absolute Gasteiger partial charge is 0.143 e. The van der Waals surface area contributed by atoms with Gasteiger partial charge in [0.15, 0.2) is 0 Å². The van der Waals surface area contributed by atoms with E-state index in [9.17, 15) is 0 Å². The van der Waals surface area contributed by atoms with E-state index in [-0.39, 0.29) is 5.54 Å². The molecule has 1 aromatic heterocycles. The Kier molecular flexibility index (Phi) is 3.20. The average molecular weight is 257 g/mol. The van der Waals surface area contributed by atoms with Gasteiger partial charge in [0.25, 0.3) is 0 Å². The molecule has 0 aromatic carbocycles. The zero-order valence-corrected chi connectivity index (χ0v) is 11.0. The van der Waals surface area contributed by atoms with Crippen molar-refractivity contribution in [2.45, 2.75) is 33.2 Å². The summed E-state index contributed by atoms with van der Waals surface area (Å²) in [6.07, 6.45) is 1.89. The number of halogens is 1. The molecule has 0 aliphatic rings. The third kappa shape index (κ3) is 2.47. The zero-order valence-electron chi connectivity index (χ0n) is 9.43. The van der Waals surface area contributed by atoms with Crippen molar-refractivity contribution in [1.82, 2.24) is 4.98 Å². The van der Waals surface area contributed by atoms with Crippen molar-refractivity contribution in [3.05, 3.63) is 22.3 Å². The predicted octanol–water partition coefficient (Wildman–Crippen LogP) is 3.39. The van der Waals surface area contributed by atoms with Crippen molar-refractivity contribution >= 4 is 21.7 Å². The number of aromatic nitrogens is 1. The van der Waals surface area contributed by atoms with E-state index in [1.54, 1.807) is 0 Å². The van der Waals surface area contributed by atoms with Gasteiger partial charge in [-0.1, -0.05) is 0 Å². The molecular formula is C11H17BrN2. The summed E-state index contributed by atoms with van der Waals surface area (Å²) in [4.78, 5) is 6.59. The van der Waals surface area contributed by atoms with Crippen molar-refractivity contribution in [3.63, 3.8) is 0 Å². The molecule has 0 amide bonds. The molecule has 0 aliphatic carbocycles. The summed E-state index contributed by atoms with van der Waals surface area (Å²) >= 11 is 3.54. The van der Waals surface area contributed by atoms with E-state index in [4.69, 9.17) is 0 Å². The van der Waals surface area contributed by atoms with Gasteiger partial charge in [-0.2, -0.15) is 0 Å². The van der Waals surface area contributed by atoms with Crippen LogP contribution in [-0.2, 0) is 0 Å². The van der Waals surface area contributed by atoms with Gasteiger partial charge >= 0.3 is 0 Å².